The Hall–Kier alpha value is -2.54. The van der Waals surface area contributed by atoms with Crippen LogP contribution in [0.3, 0.4) is 0 Å². The topological polar surface area (TPSA) is 84.2 Å². The average molecular weight is 345 g/mol. The summed E-state index contributed by atoms with van der Waals surface area (Å²) in [6, 6.07) is 7.25. The lowest BCUT2D eigenvalue weighted by molar-refractivity contribution is 0.0816. The maximum absolute atomic E-state index is 14.1. The van der Waals surface area contributed by atoms with Crippen LogP contribution in [0.1, 0.15) is 35.9 Å². The lowest BCUT2D eigenvalue weighted by Gasteiger charge is -2.28. The minimum absolute atomic E-state index is 0.154. The van der Waals surface area contributed by atoms with Gasteiger partial charge >= 0.3 is 0 Å². The van der Waals surface area contributed by atoms with Crippen LogP contribution in [0.4, 0.5) is 4.39 Å². The van der Waals surface area contributed by atoms with E-state index in [1.807, 2.05) is 0 Å². The molecule has 3 rings (SSSR count). The fourth-order valence-electron chi connectivity index (χ4n) is 2.88. The van der Waals surface area contributed by atoms with Gasteiger partial charge in [-0.1, -0.05) is 12.1 Å². The monoisotopic (exact) mass is 345 g/mol. The van der Waals surface area contributed by atoms with E-state index in [1.165, 1.54) is 22.9 Å². The van der Waals surface area contributed by atoms with Gasteiger partial charge in [0.05, 0.1) is 12.1 Å². The first-order valence-corrected chi connectivity index (χ1v) is 8.15. The van der Waals surface area contributed by atoms with Crippen LogP contribution in [0.25, 0.3) is 5.69 Å². The highest BCUT2D eigenvalue weighted by atomic mass is 19.1. The molecule has 7 heteroatoms. The minimum atomic E-state index is -0.793. The molecule has 132 valence electrons. The number of para-hydroxylation sites is 1. The molecule has 1 aromatic heterocycles. The minimum Gasteiger partial charge on any atom is -0.394 e. The van der Waals surface area contributed by atoms with Gasteiger partial charge in [0.1, 0.15) is 11.5 Å². The smallest absolute Gasteiger partial charge is 0.276 e. The van der Waals surface area contributed by atoms with Gasteiger partial charge in [0.2, 0.25) is 5.43 Å². The molecule has 0 radical (unpaired) electrons. The van der Waals surface area contributed by atoms with Crippen LogP contribution in [0.5, 0.6) is 0 Å². The molecule has 1 fully saturated rings. The SMILES string of the molecule is Cc1cc(=O)c(C(=O)NC(C)(CO)C2CC2)nn1-c1ccccc1F. The fraction of sp³-hybridized carbons (Fsp3) is 0.389. The van der Waals surface area contributed by atoms with Crippen molar-refractivity contribution in [3.63, 3.8) is 0 Å². The second-order valence-corrected chi connectivity index (χ2v) is 6.67. The summed E-state index contributed by atoms with van der Waals surface area (Å²) in [5, 5.41) is 16.4. The molecule has 1 aromatic carbocycles. The first kappa shape index (κ1) is 17.3. The van der Waals surface area contributed by atoms with Gasteiger partial charge < -0.3 is 10.4 Å². The number of aromatic nitrogens is 2. The number of nitrogens with zero attached hydrogens (tertiary/aromatic N) is 2. The van der Waals surface area contributed by atoms with Crippen LogP contribution in [0, 0.1) is 18.7 Å². The number of benzene rings is 1. The molecule has 2 N–H and O–H groups in total. The van der Waals surface area contributed by atoms with E-state index < -0.39 is 22.7 Å². The highest BCUT2D eigenvalue weighted by Crippen LogP contribution is 2.39. The Bertz CT molecular complexity index is 876. The molecular formula is C18H20FN3O3. The molecule has 1 aliphatic rings. The zero-order valence-corrected chi connectivity index (χ0v) is 14.1. The first-order chi connectivity index (χ1) is 11.9. The second kappa shape index (κ2) is 6.40. The summed E-state index contributed by atoms with van der Waals surface area (Å²) in [4.78, 5) is 24.8. The van der Waals surface area contributed by atoms with Gasteiger partial charge in [0.15, 0.2) is 5.69 Å². The molecule has 1 heterocycles. The van der Waals surface area contributed by atoms with Crippen molar-refractivity contribution in [2.45, 2.75) is 32.2 Å². The number of nitrogens with one attached hydrogen (secondary N) is 1. The van der Waals surface area contributed by atoms with E-state index in [9.17, 15) is 19.1 Å². The van der Waals surface area contributed by atoms with E-state index in [0.717, 1.165) is 12.8 Å². The number of carbonyl (C=O) groups is 1. The highest BCUT2D eigenvalue weighted by molar-refractivity contribution is 5.92. The van der Waals surface area contributed by atoms with Crippen LogP contribution in [-0.4, -0.2) is 32.9 Å². The number of rotatable bonds is 5. The summed E-state index contributed by atoms with van der Waals surface area (Å²) in [6.07, 6.45) is 1.83. The normalized spacial score (nSPS) is 16.3. The predicted molar refractivity (Wildman–Crippen MR) is 90.2 cm³/mol. The Labute approximate surface area is 144 Å². The van der Waals surface area contributed by atoms with Crippen molar-refractivity contribution < 1.29 is 14.3 Å². The molecule has 1 amide bonds. The molecular weight excluding hydrogens is 325 g/mol. The van der Waals surface area contributed by atoms with Crippen LogP contribution >= 0.6 is 0 Å². The molecule has 0 aliphatic heterocycles. The fourth-order valence-corrected chi connectivity index (χ4v) is 2.88. The van der Waals surface area contributed by atoms with E-state index in [-0.39, 0.29) is 23.9 Å². The van der Waals surface area contributed by atoms with E-state index in [4.69, 9.17) is 0 Å². The summed E-state index contributed by atoms with van der Waals surface area (Å²) in [5.41, 5.74) is -1.09. The van der Waals surface area contributed by atoms with E-state index in [0.29, 0.717) is 5.69 Å². The summed E-state index contributed by atoms with van der Waals surface area (Å²) >= 11 is 0. The number of hydrogen-bond acceptors (Lipinski definition) is 4. The zero-order valence-electron chi connectivity index (χ0n) is 14.1. The molecule has 25 heavy (non-hydrogen) atoms. The van der Waals surface area contributed by atoms with Crippen molar-refractivity contribution in [2.75, 3.05) is 6.61 Å². The van der Waals surface area contributed by atoms with E-state index >= 15 is 0 Å². The van der Waals surface area contributed by atoms with Gasteiger partial charge in [0, 0.05) is 11.8 Å². The van der Waals surface area contributed by atoms with Gasteiger partial charge in [-0.2, -0.15) is 5.10 Å². The van der Waals surface area contributed by atoms with Crippen molar-refractivity contribution >= 4 is 5.91 Å². The van der Waals surface area contributed by atoms with Gasteiger partial charge in [-0.15, -0.1) is 0 Å². The van der Waals surface area contributed by atoms with Gasteiger partial charge in [-0.25, -0.2) is 9.07 Å². The lowest BCUT2D eigenvalue weighted by Crippen LogP contribution is -2.52. The molecule has 1 atom stereocenters. The molecule has 0 spiro atoms. The number of aliphatic hydroxyl groups excluding tert-OH is 1. The van der Waals surface area contributed by atoms with E-state index in [1.54, 1.807) is 26.0 Å². The largest absolute Gasteiger partial charge is 0.394 e. The third-order valence-electron chi connectivity index (χ3n) is 4.61. The summed E-state index contributed by atoms with van der Waals surface area (Å²) in [7, 11) is 0. The maximum Gasteiger partial charge on any atom is 0.276 e. The number of halogens is 1. The summed E-state index contributed by atoms with van der Waals surface area (Å²) < 4.78 is 15.3. The summed E-state index contributed by atoms with van der Waals surface area (Å²) in [5.74, 6) is -0.995. The van der Waals surface area contributed by atoms with Crippen LogP contribution in [-0.2, 0) is 0 Å². The van der Waals surface area contributed by atoms with Crippen LogP contribution < -0.4 is 10.7 Å². The standard InChI is InChI=1S/C18H20FN3O3/c1-11-9-15(24)16(17(25)20-18(2,10-23)12-7-8-12)21-22(11)14-6-4-3-5-13(14)19/h3-6,9,12,23H,7-8,10H2,1-2H3,(H,20,25). The Morgan fingerprint density at radius 2 is 2.12 bits per heavy atom. The Morgan fingerprint density at radius 3 is 2.72 bits per heavy atom. The Kier molecular flexibility index (Phi) is 4.43. The average Bonchev–Trinajstić information content (AvgIpc) is 3.41. The molecule has 6 nitrogen and oxygen atoms in total. The van der Waals surface area contributed by atoms with Crippen molar-refractivity contribution in [3.8, 4) is 5.69 Å². The maximum atomic E-state index is 14.1. The molecule has 0 saturated heterocycles. The molecule has 1 aliphatic carbocycles. The van der Waals surface area contributed by atoms with Gasteiger partial charge in [0.25, 0.3) is 5.91 Å². The number of amides is 1. The molecule has 1 saturated carbocycles. The molecule has 2 aromatic rings. The Balaban J connectivity index is 1.99. The molecule has 0 bridgehead atoms. The number of aryl methyl sites for hydroxylation is 1. The third kappa shape index (κ3) is 3.32. The number of aliphatic hydroxyl groups is 1. The van der Waals surface area contributed by atoms with Crippen LogP contribution in [0.15, 0.2) is 35.1 Å². The predicted octanol–water partition coefficient (Wildman–Crippen LogP) is 1.57. The van der Waals surface area contributed by atoms with Crippen molar-refractivity contribution in [3.05, 3.63) is 57.8 Å². The number of hydrogen-bond donors (Lipinski definition) is 2. The third-order valence-corrected chi connectivity index (χ3v) is 4.61. The number of carbonyl (C=O) groups excluding carboxylic acids is 1. The van der Waals surface area contributed by atoms with Crippen molar-refractivity contribution in [1.29, 1.82) is 0 Å². The van der Waals surface area contributed by atoms with Crippen molar-refractivity contribution in [2.24, 2.45) is 5.92 Å². The summed E-state index contributed by atoms with van der Waals surface area (Å²) in [6.45, 7) is 3.13. The lowest BCUT2D eigenvalue weighted by atomic mass is 9.97. The van der Waals surface area contributed by atoms with Crippen molar-refractivity contribution in [1.82, 2.24) is 15.1 Å². The highest BCUT2D eigenvalue weighted by Gasteiger charge is 2.42. The second-order valence-electron chi connectivity index (χ2n) is 6.67. The van der Waals surface area contributed by atoms with Gasteiger partial charge in [-0.3, -0.25) is 9.59 Å². The quantitative estimate of drug-likeness (QED) is 0.862. The van der Waals surface area contributed by atoms with E-state index in [2.05, 4.69) is 10.4 Å². The Morgan fingerprint density at radius 1 is 1.44 bits per heavy atom. The van der Waals surface area contributed by atoms with Crippen LogP contribution in [0.2, 0.25) is 0 Å². The zero-order chi connectivity index (χ0) is 18.2. The first-order valence-electron chi connectivity index (χ1n) is 8.15. The van der Waals surface area contributed by atoms with Gasteiger partial charge in [-0.05, 0) is 44.7 Å². The molecule has 1 unspecified atom stereocenters.